The first kappa shape index (κ1) is 26.7. The number of rotatable bonds is 5. The third-order valence-electron chi connectivity index (χ3n) is 5.50. The minimum atomic E-state index is -0.687. The Morgan fingerprint density at radius 3 is 2.86 bits per heavy atom. The maximum atomic E-state index is 14.2. The van der Waals surface area contributed by atoms with Crippen molar-refractivity contribution in [1.82, 2.24) is 20.1 Å². The van der Waals surface area contributed by atoms with Crippen LogP contribution < -0.4 is 11.1 Å². The van der Waals surface area contributed by atoms with Gasteiger partial charge in [-0.2, -0.15) is 5.10 Å². The molecule has 9 nitrogen and oxygen atoms in total. The monoisotopic (exact) mass is 512 g/mol. The number of hydrogen-bond donors (Lipinski definition) is 3. The standard InChI is InChI=1S/C16H11ClFN5O.C9H15NO2/c1-20-16-14(15(19)24)12(22-23-16)3-2-8-6-13-9(5-11(8)18)4-10(17)7-21-13;1-3-9(11)10-6-4-5-8(10)7-12-2/h4-7H,1H3,(H2,19,24)(H2,20,22,23);3,8H,1,4-7H2,2H3. The molecule has 3 aromatic rings. The maximum Gasteiger partial charge on any atom is 0.255 e. The number of nitrogens with zero attached hydrogens (tertiary/aromatic N) is 3. The number of pyridine rings is 1. The Balaban J connectivity index is 0.000000253. The van der Waals surface area contributed by atoms with Gasteiger partial charge in [-0.15, -0.1) is 0 Å². The number of fused-ring (bicyclic) bond motifs is 1. The highest BCUT2D eigenvalue weighted by Gasteiger charge is 2.26. The molecule has 4 rings (SSSR count). The lowest BCUT2D eigenvalue weighted by atomic mass is 10.1. The minimum Gasteiger partial charge on any atom is -0.383 e. The average molecular weight is 513 g/mol. The van der Waals surface area contributed by atoms with Crippen LogP contribution >= 0.6 is 11.6 Å². The zero-order valence-electron chi connectivity index (χ0n) is 19.9. The molecule has 1 aliphatic rings. The van der Waals surface area contributed by atoms with Gasteiger partial charge in [-0.25, -0.2) is 4.39 Å². The molecule has 1 unspecified atom stereocenters. The number of primary amides is 1. The summed E-state index contributed by atoms with van der Waals surface area (Å²) in [4.78, 5) is 28.7. The number of carbonyl (C=O) groups is 2. The molecule has 4 N–H and O–H groups in total. The van der Waals surface area contributed by atoms with Crippen molar-refractivity contribution in [3.63, 3.8) is 0 Å². The van der Waals surface area contributed by atoms with Crippen molar-refractivity contribution >= 4 is 40.1 Å². The van der Waals surface area contributed by atoms with Gasteiger partial charge in [-0.1, -0.05) is 24.1 Å². The predicted octanol–water partition coefficient (Wildman–Crippen LogP) is 3.10. The lowest BCUT2D eigenvalue weighted by molar-refractivity contribution is -0.127. The van der Waals surface area contributed by atoms with Gasteiger partial charge in [-0.3, -0.25) is 19.7 Å². The first-order chi connectivity index (χ1) is 17.3. The number of hydrogen-bond acceptors (Lipinski definition) is 6. The van der Waals surface area contributed by atoms with E-state index in [0.717, 1.165) is 19.4 Å². The fraction of sp³-hybridized carbons (Fsp3) is 0.280. The maximum absolute atomic E-state index is 14.2. The quantitative estimate of drug-likeness (QED) is 0.356. The fourth-order valence-corrected chi connectivity index (χ4v) is 3.98. The van der Waals surface area contributed by atoms with Crippen molar-refractivity contribution in [2.24, 2.45) is 5.73 Å². The van der Waals surface area contributed by atoms with Crippen molar-refractivity contribution in [1.29, 1.82) is 0 Å². The van der Waals surface area contributed by atoms with Crippen molar-refractivity contribution in [3.8, 4) is 11.8 Å². The first-order valence-corrected chi connectivity index (χ1v) is 11.4. The molecule has 1 atom stereocenters. The van der Waals surface area contributed by atoms with Crippen LogP contribution in [0.15, 0.2) is 37.1 Å². The Labute approximate surface area is 212 Å². The van der Waals surface area contributed by atoms with Crippen LogP contribution in [0.2, 0.25) is 5.02 Å². The molecule has 188 valence electrons. The number of carbonyl (C=O) groups excluding carboxylic acids is 2. The van der Waals surface area contributed by atoms with Crippen molar-refractivity contribution in [2.45, 2.75) is 18.9 Å². The summed E-state index contributed by atoms with van der Waals surface area (Å²) in [5.41, 5.74) is 6.33. The van der Waals surface area contributed by atoms with Gasteiger partial charge in [0.25, 0.3) is 5.91 Å². The Morgan fingerprint density at radius 2 is 2.19 bits per heavy atom. The Bertz CT molecular complexity index is 1350. The highest BCUT2D eigenvalue weighted by atomic mass is 35.5. The summed E-state index contributed by atoms with van der Waals surface area (Å²) < 4.78 is 19.2. The second kappa shape index (κ2) is 12.2. The molecular formula is C25H26ClFN6O3. The number of likely N-dealkylation sites (tertiary alicyclic amines) is 1. The number of amides is 2. The number of halogens is 2. The molecular weight excluding hydrogens is 487 g/mol. The summed E-state index contributed by atoms with van der Waals surface area (Å²) >= 11 is 5.84. The van der Waals surface area contributed by atoms with Crippen LogP contribution in [-0.4, -0.2) is 65.2 Å². The van der Waals surface area contributed by atoms with E-state index in [2.05, 4.69) is 38.9 Å². The first-order valence-electron chi connectivity index (χ1n) is 11.0. The lowest BCUT2D eigenvalue weighted by Gasteiger charge is -2.22. The number of aromatic nitrogens is 3. The van der Waals surface area contributed by atoms with E-state index in [-0.39, 0.29) is 34.6 Å². The van der Waals surface area contributed by atoms with Gasteiger partial charge in [0, 0.05) is 32.3 Å². The van der Waals surface area contributed by atoms with Crippen LogP contribution in [0.5, 0.6) is 0 Å². The van der Waals surface area contributed by atoms with Crippen LogP contribution in [0.4, 0.5) is 10.2 Å². The summed E-state index contributed by atoms with van der Waals surface area (Å²) in [7, 11) is 3.26. The van der Waals surface area contributed by atoms with E-state index in [1.165, 1.54) is 24.4 Å². The van der Waals surface area contributed by atoms with Crippen LogP contribution in [-0.2, 0) is 9.53 Å². The van der Waals surface area contributed by atoms with Crippen LogP contribution in [0.25, 0.3) is 10.9 Å². The van der Waals surface area contributed by atoms with Crippen LogP contribution in [0.1, 0.15) is 34.5 Å². The summed E-state index contributed by atoms with van der Waals surface area (Å²) in [6.07, 6.45) is 4.97. The molecule has 0 aliphatic carbocycles. The number of ether oxygens (including phenoxy) is 1. The number of benzene rings is 1. The van der Waals surface area contributed by atoms with E-state index in [1.54, 1.807) is 20.2 Å². The van der Waals surface area contributed by atoms with Gasteiger partial charge < -0.3 is 20.7 Å². The van der Waals surface area contributed by atoms with Crippen molar-refractivity contribution < 1.29 is 18.7 Å². The largest absolute Gasteiger partial charge is 0.383 e. The van der Waals surface area contributed by atoms with E-state index >= 15 is 0 Å². The smallest absolute Gasteiger partial charge is 0.255 e. The lowest BCUT2D eigenvalue weighted by Crippen LogP contribution is -2.36. The molecule has 11 heteroatoms. The molecule has 0 radical (unpaired) electrons. The predicted molar refractivity (Wildman–Crippen MR) is 136 cm³/mol. The van der Waals surface area contributed by atoms with E-state index in [0.29, 0.717) is 22.5 Å². The second-order valence-electron chi connectivity index (χ2n) is 7.85. The fourth-order valence-electron chi connectivity index (χ4n) is 3.81. The summed E-state index contributed by atoms with van der Waals surface area (Å²) in [5.74, 6) is 4.44. The normalized spacial score (nSPS) is 14.4. The van der Waals surface area contributed by atoms with Crippen LogP contribution in [0.3, 0.4) is 0 Å². The minimum absolute atomic E-state index is 0.0227. The van der Waals surface area contributed by atoms with Gasteiger partial charge in [0.05, 0.1) is 28.8 Å². The number of nitrogens with one attached hydrogen (secondary N) is 2. The van der Waals surface area contributed by atoms with Crippen LogP contribution in [0, 0.1) is 17.7 Å². The van der Waals surface area contributed by atoms with E-state index in [1.807, 2.05) is 4.90 Å². The summed E-state index contributed by atoms with van der Waals surface area (Å²) in [5, 5.41) is 10.2. The molecule has 2 aromatic heterocycles. The molecule has 1 aliphatic heterocycles. The van der Waals surface area contributed by atoms with Crippen molar-refractivity contribution in [3.05, 3.63) is 64.7 Å². The van der Waals surface area contributed by atoms with E-state index < -0.39 is 11.7 Å². The number of anilines is 1. The highest BCUT2D eigenvalue weighted by Crippen LogP contribution is 2.21. The third-order valence-corrected chi connectivity index (χ3v) is 5.71. The second-order valence-corrected chi connectivity index (χ2v) is 8.29. The molecule has 0 spiro atoms. The topological polar surface area (TPSA) is 126 Å². The number of aromatic amines is 1. The van der Waals surface area contributed by atoms with E-state index in [4.69, 9.17) is 22.1 Å². The molecule has 1 saturated heterocycles. The summed E-state index contributed by atoms with van der Waals surface area (Å²) in [6, 6.07) is 4.69. The molecule has 2 amide bonds. The Hall–Kier alpha value is -3.94. The molecule has 3 heterocycles. The van der Waals surface area contributed by atoms with Gasteiger partial charge in [0.1, 0.15) is 17.1 Å². The average Bonchev–Trinajstić information content (AvgIpc) is 3.49. The Kier molecular flexibility index (Phi) is 9.00. The molecule has 1 aromatic carbocycles. The zero-order valence-corrected chi connectivity index (χ0v) is 20.7. The van der Waals surface area contributed by atoms with Gasteiger partial charge >= 0.3 is 0 Å². The van der Waals surface area contributed by atoms with E-state index in [9.17, 15) is 14.0 Å². The van der Waals surface area contributed by atoms with Gasteiger partial charge in [0.15, 0.2) is 5.82 Å². The molecule has 36 heavy (non-hydrogen) atoms. The highest BCUT2D eigenvalue weighted by molar-refractivity contribution is 6.31. The Morgan fingerprint density at radius 1 is 1.42 bits per heavy atom. The van der Waals surface area contributed by atoms with Crippen molar-refractivity contribution in [2.75, 3.05) is 32.6 Å². The summed E-state index contributed by atoms with van der Waals surface area (Å²) in [6.45, 7) is 4.95. The number of nitrogens with two attached hydrogens (primary N) is 1. The zero-order chi connectivity index (χ0) is 26.2. The molecule has 0 saturated carbocycles. The molecule has 1 fully saturated rings. The SMILES string of the molecule is C=CC(=O)N1CCCC1COC.CNc1n[nH]c(C#Cc2cc3ncc(Cl)cc3cc2F)c1C(N)=O. The number of methoxy groups -OCH3 is 1. The molecule has 0 bridgehead atoms. The van der Waals surface area contributed by atoms with Gasteiger partial charge in [-0.05, 0) is 43.0 Å². The third kappa shape index (κ3) is 6.19. The number of H-pyrrole nitrogens is 1. The van der Waals surface area contributed by atoms with Gasteiger partial charge in [0.2, 0.25) is 5.91 Å².